The summed E-state index contributed by atoms with van der Waals surface area (Å²) in [5.41, 5.74) is 1.19. The molecule has 154 valence electrons. The fraction of sp³-hybridized carbons (Fsp3) is 0.364. The van der Waals surface area contributed by atoms with E-state index in [-0.39, 0.29) is 11.7 Å². The Hall–Kier alpha value is -3.06. The van der Waals surface area contributed by atoms with Gasteiger partial charge < -0.3 is 19.1 Å². The van der Waals surface area contributed by atoms with Crippen molar-refractivity contribution in [2.24, 2.45) is 0 Å². The zero-order valence-corrected chi connectivity index (χ0v) is 17.0. The number of carbonyl (C=O) groups is 2. The second-order valence-corrected chi connectivity index (χ2v) is 6.82. The zero-order chi connectivity index (χ0) is 20.8. The molecule has 1 aliphatic heterocycles. The van der Waals surface area contributed by atoms with Crippen LogP contribution in [-0.4, -0.2) is 75.5 Å². The Labute approximate surface area is 170 Å². The highest BCUT2D eigenvalue weighted by atomic mass is 16.5. The molecule has 2 aromatic carbocycles. The average Bonchev–Trinajstić information content (AvgIpc) is 2.78. The van der Waals surface area contributed by atoms with Gasteiger partial charge >= 0.3 is 0 Å². The van der Waals surface area contributed by atoms with E-state index >= 15 is 0 Å². The van der Waals surface area contributed by atoms with Gasteiger partial charge in [0.2, 0.25) is 0 Å². The van der Waals surface area contributed by atoms with Crippen molar-refractivity contribution in [3.63, 3.8) is 0 Å². The number of hydrogen-bond acceptors (Lipinski definition) is 6. The minimum atomic E-state index is -0.0664. The van der Waals surface area contributed by atoms with E-state index in [0.717, 1.165) is 5.75 Å². The third-order valence-electron chi connectivity index (χ3n) is 5.04. The molecular formula is C22H26N2O5. The molecule has 7 nitrogen and oxygen atoms in total. The van der Waals surface area contributed by atoms with Crippen molar-refractivity contribution in [1.82, 2.24) is 9.80 Å². The van der Waals surface area contributed by atoms with Gasteiger partial charge in [-0.3, -0.25) is 14.5 Å². The summed E-state index contributed by atoms with van der Waals surface area (Å²) in [4.78, 5) is 29.2. The fourth-order valence-electron chi connectivity index (χ4n) is 3.29. The maximum absolute atomic E-state index is 12.9. The number of ether oxygens (including phenoxy) is 3. The monoisotopic (exact) mass is 398 g/mol. The summed E-state index contributed by atoms with van der Waals surface area (Å²) in [6.45, 7) is 2.76. The number of benzene rings is 2. The first-order valence-corrected chi connectivity index (χ1v) is 9.46. The van der Waals surface area contributed by atoms with Gasteiger partial charge in [0, 0.05) is 43.4 Å². The Balaban J connectivity index is 1.57. The van der Waals surface area contributed by atoms with Crippen LogP contribution >= 0.6 is 0 Å². The number of ketones is 1. The lowest BCUT2D eigenvalue weighted by atomic mass is 10.1. The fourth-order valence-corrected chi connectivity index (χ4v) is 3.29. The Kier molecular flexibility index (Phi) is 6.72. The van der Waals surface area contributed by atoms with Crippen LogP contribution < -0.4 is 14.2 Å². The van der Waals surface area contributed by atoms with Crippen molar-refractivity contribution in [2.75, 3.05) is 54.1 Å². The molecule has 0 spiro atoms. The second-order valence-electron chi connectivity index (χ2n) is 6.82. The molecular weight excluding hydrogens is 372 g/mol. The molecule has 29 heavy (non-hydrogen) atoms. The van der Waals surface area contributed by atoms with Crippen molar-refractivity contribution in [3.05, 3.63) is 53.6 Å². The Morgan fingerprint density at radius 3 is 1.83 bits per heavy atom. The van der Waals surface area contributed by atoms with Crippen LogP contribution in [0.3, 0.4) is 0 Å². The predicted octanol–water partition coefficient (Wildman–Crippen LogP) is 2.35. The van der Waals surface area contributed by atoms with E-state index in [1.165, 1.54) is 0 Å². The van der Waals surface area contributed by atoms with Crippen molar-refractivity contribution in [2.45, 2.75) is 0 Å². The molecule has 1 saturated heterocycles. The van der Waals surface area contributed by atoms with Crippen LogP contribution in [0.25, 0.3) is 0 Å². The molecule has 0 saturated carbocycles. The van der Waals surface area contributed by atoms with Gasteiger partial charge in [0.1, 0.15) is 17.2 Å². The number of carbonyl (C=O) groups excluding carboxylic acids is 2. The van der Waals surface area contributed by atoms with Crippen LogP contribution in [0, 0.1) is 0 Å². The SMILES string of the molecule is COc1ccc(C(=O)CN2CCN(C(=O)c3cc(OC)cc(OC)c3)CC2)cc1. The summed E-state index contributed by atoms with van der Waals surface area (Å²) in [6.07, 6.45) is 0. The zero-order valence-electron chi connectivity index (χ0n) is 17.0. The van der Waals surface area contributed by atoms with E-state index in [1.807, 2.05) is 0 Å². The van der Waals surface area contributed by atoms with E-state index in [1.54, 1.807) is 68.7 Å². The van der Waals surface area contributed by atoms with Crippen LogP contribution in [0.1, 0.15) is 20.7 Å². The van der Waals surface area contributed by atoms with E-state index in [4.69, 9.17) is 14.2 Å². The lowest BCUT2D eigenvalue weighted by Crippen LogP contribution is -2.49. The van der Waals surface area contributed by atoms with Gasteiger partial charge in [-0.15, -0.1) is 0 Å². The molecule has 0 atom stereocenters. The first kappa shape index (κ1) is 20.7. The lowest BCUT2D eigenvalue weighted by molar-refractivity contribution is 0.0623. The third kappa shape index (κ3) is 5.06. The van der Waals surface area contributed by atoms with Crippen molar-refractivity contribution < 1.29 is 23.8 Å². The van der Waals surface area contributed by atoms with Gasteiger partial charge in [0.05, 0.1) is 27.9 Å². The third-order valence-corrected chi connectivity index (χ3v) is 5.04. The molecule has 0 N–H and O–H groups in total. The Morgan fingerprint density at radius 2 is 1.31 bits per heavy atom. The van der Waals surface area contributed by atoms with Crippen LogP contribution in [0.4, 0.5) is 0 Å². The smallest absolute Gasteiger partial charge is 0.254 e. The van der Waals surface area contributed by atoms with Crippen molar-refractivity contribution in [1.29, 1.82) is 0 Å². The van der Waals surface area contributed by atoms with Crippen LogP contribution in [-0.2, 0) is 0 Å². The molecule has 1 heterocycles. The van der Waals surface area contributed by atoms with Gasteiger partial charge in [-0.2, -0.15) is 0 Å². The average molecular weight is 398 g/mol. The highest BCUT2D eigenvalue weighted by Crippen LogP contribution is 2.24. The molecule has 1 fully saturated rings. The highest BCUT2D eigenvalue weighted by Gasteiger charge is 2.24. The number of hydrogen-bond donors (Lipinski definition) is 0. The Bertz CT molecular complexity index is 836. The number of methoxy groups -OCH3 is 3. The second kappa shape index (κ2) is 9.43. The van der Waals surface area contributed by atoms with Crippen LogP contribution in [0.2, 0.25) is 0 Å². The molecule has 0 aliphatic carbocycles. The lowest BCUT2D eigenvalue weighted by Gasteiger charge is -2.34. The predicted molar refractivity (Wildman–Crippen MR) is 109 cm³/mol. The van der Waals surface area contributed by atoms with Crippen molar-refractivity contribution >= 4 is 11.7 Å². The summed E-state index contributed by atoms with van der Waals surface area (Å²) in [5, 5.41) is 0. The van der Waals surface area contributed by atoms with Gasteiger partial charge in [0.25, 0.3) is 5.91 Å². The molecule has 0 radical (unpaired) electrons. The van der Waals surface area contributed by atoms with Crippen LogP contribution in [0.15, 0.2) is 42.5 Å². The van der Waals surface area contributed by atoms with E-state index in [0.29, 0.717) is 55.3 Å². The normalized spacial score (nSPS) is 14.4. The highest BCUT2D eigenvalue weighted by molar-refractivity contribution is 5.98. The van der Waals surface area contributed by atoms with E-state index in [9.17, 15) is 9.59 Å². The number of rotatable bonds is 7. The molecule has 0 aromatic heterocycles. The standard InChI is InChI=1S/C22H26N2O5/c1-27-18-6-4-16(5-7-18)21(25)15-23-8-10-24(11-9-23)22(26)17-12-19(28-2)14-20(13-17)29-3/h4-7,12-14H,8-11,15H2,1-3H3. The Morgan fingerprint density at radius 1 is 0.759 bits per heavy atom. The van der Waals surface area contributed by atoms with E-state index in [2.05, 4.69) is 4.90 Å². The summed E-state index contributed by atoms with van der Waals surface area (Å²) in [6, 6.07) is 12.3. The molecule has 0 unspecified atom stereocenters. The summed E-state index contributed by atoms with van der Waals surface area (Å²) >= 11 is 0. The molecule has 0 bridgehead atoms. The number of piperazine rings is 1. The number of amides is 1. The largest absolute Gasteiger partial charge is 0.497 e. The first-order valence-electron chi connectivity index (χ1n) is 9.46. The quantitative estimate of drug-likeness (QED) is 0.667. The molecule has 3 rings (SSSR count). The number of Topliss-reactive ketones (excluding diaryl/α,β-unsaturated/α-hetero) is 1. The maximum atomic E-state index is 12.9. The molecule has 1 amide bonds. The van der Waals surface area contributed by atoms with E-state index < -0.39 is 0 Å². The summed E-state index contributed by atoms with van der Waals surface area (Å²) < 4.78 is 15.6. The minimum absolute atomic E-state index is 0.0601. The molecule has 2 aromatic rings. The van der Waals surface area contributed by atoms with Gasteiger partial charge in [-0.1, -0.05) is 0 Å². The minimum Gasteiger partial charge on any atom is -0.497 e. The summed E-state index contributed by atoms with van der Waals surface area (Å²) in [5.74, 6) is 1.88. The molecule has 7 heteroatoms. The maximum Gasteiger partial charge on any atom is 0.254 e. The molecule has 1 aliphatic rings. The van der Waals surface area contributed by atoms with Crippen LogP contribution in [0.5, 0.6) is 17.2 Å². The topological polar surface area (TPSA) is 68.3 Å². The first-order chi connectivity index (χ1) is 14.0. The van der Waals surface area contributed by atoms with Crippen molar-refractivity contribution in [3.8, 4) is 17.2 Å². The van der Waals surface area contributed by atoms with Gasteiger partial charge in [-0.25, -0.2) is 0 Å². The summed E-state index contributed by atoms with van der Waals surface area (Å²) in [7, 11) is 4.71. The number of nitrogens with zero attached hydrogens (tertiary/aromatic N) is 2. The van der Waals surface area contributed by atoms with Gasteiger partial charge in [-0.05, 0) is 36.4 Å². The van der Waals surface area contributed by atoms with Gasteiger partial charge in [0.15, 0.2) is 5.78 Å².